The maximum atomic E-state index is 4.79. The average molecular weight is 481 g/mol. The number of hydrogen-bond acceptors (Lipinski definition) is 8. The fourth-order valence-corrected chi connectivity index (χ4v) is 4.78. The molecule has 5 aromatic heterocycles. The van der Waals surface area contributed by atoms with E-state index in [1.54, 1.807) is 11.0 Å². The van der Waals surface area contributed by atoms with Crippen LogP contribution in [-0.2, 0) is 6.42 Å². The number of nitrogens with one attached hydrogen (secondary N) is 1. The van der Waals surface area contributed by atoms with Crippen LogP contribution in [0.25, 0.3) is 11.5 Å². The minimum Gasteiger partial charge on any atom is -0.351 e. The lowest BCUT2D eigenvalue weighted by atomic mass is 9.94. The third-order valence-corrected chi connectivity index (χ3v) is 6.85. The maximum absolute atomic E-state index is 4.79. The Kier molecular flexibility index (Phi) is 5.76. The zero-order valence-corrected chi connectivity index (χ0v) is 20.4. The molecule has 10 nitrogen and oxygen atoms in total. The first-order chi connectivity index (χ1) is 17.7. The van der Waals surface area contributed by atoms with Gasteiger partial charge in [0.25, 0.3) is 0 Å². The number of hydrogen-bond donors (Lipinski definition) is 1. The molecule has 0 spiro atoms. The first kappa shape index (κ1) is 22.1. The highest BCUT2D eigenvalue weighted by molar-refractivity contribution is 5.75. The van der Waals surface area contributed by atoms with E-state index in [9.17, 15) is 0 Å². The average Bonchev–Trinajstić information content (AvgIpc) is 3.61. The molecule has 1 saturated heterocycles. The topological polar surface area (TPSA) is 102 Å². The first-order valence-electron chi connectivity index (χ1n) is 12.3. The quantitative estimate of drug-likeness (QED) is 0.388. The van der Waals surface area contributed by atoms with Gasteiger partial charge in [0, 0.05) is 49.5 Å². The summed E-state index contributed by atoms with van der Waals surface area (Å²) in [6.07, 6.45) is 14.2. The number of fused-ring (bicyclic) bond motifs is 1. The van der Waals surface area contributed by atoms with Crippen molar-refractivity contribution in [3.05, 3.63) is 78.7 Å². The number of nitrogens with zero attached hydrogens (tertiary/aromatic N) is 9. The number of piperidine rings is 1. The molecule has 0 radical (unpaired) electrons. The first-order valence-corrected chi connectivity index (χ1v) is 12.3. The van der Waals surface area contributed by atoms with Crippen LogP contribution in [0.2, 0.25) is 0 Å². The third kappa shape index (κ3) is 4.15. The lowest BCUT2D eigenvalue weighted by Gasteiger charge is -2.31. The monoisotopic (exact) mass is 480 g/mol. The molecule has 6 heterocycles. The molecule has 10 heteroatoms. The van der Waals surface area contributed by atoms with E-state index in [-0.39, 0.29) is 0 Å². The predicted octanol–water partition coefficient (Wildman–Crippen LogP) is 4.10. The van der Waals surface area contributed by atoms with Crippen molar-refractivity contribution >= 4 is 23.0 Å². The van der Waals surface area contributed by atoms with Gasteiger partial charge in [-0.3, -0.25) is 0 Å². The van der Waals surface area contributed by atoms with Crippen LogP contribution in [0.4, 0.5) is 17.3 Å². The van der Waals surface area contributed by atoms with Crippen LogP contribution >= 0.6 is 0 Å². The highest BCUT2D eigenvalue weighted by Gasteiger charge is 2.25. The summed E-state index contributed by atoms with van der Waals surface area (Å²) in [5.41, 5.74) is 6.07. The Morgan fingerprint density at radius 2 is 1.83 bits per heavy atom. The Balaban J connectivity index is 1.19. The van der Waals surface area contributed by atoms with Gasteiger partial charge < -0.3 is 14.6 Å². The molecule has 1 N–H and O–H groups in total. The van der Waals surface area contributed by atoms with Gasteiger partial charge in [-0.15, -0.1) is 0 Å². The summed E-state index contributed by atoms with van der Waals surface area (Å²) in [6.45, 7) is 5.97. The summed E-state index contributed by atoms with van der Waals surface area (Å²) in [5, 5.41) is 7.68. The maximum Gasteiger partial charge on any atom is 0.225 e. The molecule has 182 valence electrons. The van der Waals surface area contributed by atoms with Gasteiger partial charge in [0.1, 0.15) is 12.7 Å². The van der Waals surface area contributed by atoms with Crippen LogP contribution in [0.3, 0.4) is 0 Å². The zero-order chi connectivity index (χ0) is 24.5. The van der Waals surface area contributed by atoms with Crippen molar-refractivity contribution in [3.8, 4) is 5.82 Å². The Morgan fingerprint density at radius 3 is 2.56 bits per heavy atom. The predicted molar refractivity (Wildman–Crippen MR) is 138 cm³/mol. The van der Waals surface area contributed by atoms with E-state index < -0.39 is 0 Å². The number of aryl methyl sites for hydroxylation is 2. The SMILES string of the molecule is CCc1cnc(N2CCC(c3cnc4c(Nc5ccc(-n6cncn6)nc5C)cccn34)CC2)nc1. The molecule has 0 saturated carbocycles. The highest BCUT2D eigenvalue weighted by atomic mass is 15.3. The van der Waals surface area contributed by atoms with E-state index >= 15 is 0 Å². The smallest absolute Gasteiger partial charge is 0.225 e. The van der Waals surface area contributed by atoms with Crippen molar-refractivity contribution in [2.45, 2.75) is 39.0 Å². The molecular weight excluding hydrogens is 452 g/mol. The summed E-state index contributed by atoms with van der Waals surface area (Å²) in [6, 6.07) is 8.05. The molecule has 0 bridgehead atoms. The zero-order valence-electron chi connectivity index (χ0n) is 20.4. The molecule has 6 rings (SSSR count). The third-order valence-electron chi connectivity index (χ3n) is 6.85. The highest BCUT2D eigenvalue weighted by Crippen LogP contribution is 2.32. The lowest BCUT2D eigenvalue weighted by Crippen LogP contribution is -2.34. The molecule has 0 amide bonds. The lowest BCUT2D eigenvalue weighted by molar-refractivity contribution is 0.488. The molecule has 0 unspecified atom stereocenters. The summed E-state index contributed by atoms with van der Waals surface area (Å²) in [4.78, 5) is 24.9. The van der Waals surface area contributed by atoms with Gasteiger partial charge >= 0.3 is 0 Å². The van der Waals surface area contributed by atoms with Crippen molar-refractivity contribution in [2.75, 3.05) is 23.3 Å². The van der Waals surface area contributed by atoms with Gasteiger partial charge in [0.2, 0.25) is 5.95 Å². The molecule has 1 aliphatic heterocycles. The molecule has 0 aromatic carbocycles. The van der Waals surface area contributed by atoms with E-state index in [1.165, 1.54) is 17.6 Å². The van der Waals surface area contributed by atoms with E-state index in [0.717, 1.165) is 66.8 Å². The summed E-state index contributed by atoms with van der Waals surface area (Å²) < 4.78 is 3.86. The van der Waals surface area contributed by atoms with Crippen LogP contribution in [0.1, 0.15) is 42.6 Å². The van der Waals surface area contributed by atoms with Gasteiger partial charge in [0.05, 0.1) is 17.1 Å². The van der Waals surface area contributed by atoms with Crippen LogP contribution < -0.4 is 10.2 Å². The van der Waals surface area contributed by atoms with Gasteiger partial charge in [-0.25, -0.2) is 29.6 Å². The number of rotatable bonds is 6. The van der Waals surface area contributed by atoms with Gasteiger partial charge in [-0.1, -0.05) is 6.92 Å². The van der Waals surface area contributed by atoms with Crippen LogP contribution in [0.15, 0.2) is 61.7 Å². The molecular formula is C26H28N10. The molecule has 1 fully saturated rings. The standard InChI is InChI=1S/C26H28N10/c1-3-19-13-29-26(30-14-19)34-11-8-20(9-12-34)23-15-28-25-22(5-4-10-35(23)25)33-21-6-7-24(32-18(21)2)36-17-27-16-31-36/h4-7,10,13-17,20,33H,3,8-9,11-12H2,1-2H3. The molecule has 5 aromatic rings. The number of imidazole rings is 1. The summed E-state index contributed by atoms with van der Waals surface area (Å²) >= 11 is 0. The van der Waals surface area contributed by atoms with Gasteiger partial charge in [0.15, 0.2) is 11.5 Å². The Bertz CT molecular complexity index is 1460. The van der Waals surface area contributed by atoms with Crippen LogP contribution in [0.5, 0.6) is 0 Å². The number of anilines is 3. The van der Waals surface area contributed by atoms with Gasteiger partial charge in [-0.05, 0) is 56.0 Å². The fraction of sp³-hybridized carbons (Fsp3) is 0.308. The Labute approximate surface area is 209 Å². The molecule has 0 aliphatic carbocycles. The van der Waals surface area contributed by atoms with Crippen molar-refractivity contribution in [3.63, 3.8) is 0 Å². The summed E-state index contributed by atoms with van der Waals surface area (Å²) in [5.74, 6) is 2.00. The van der Waals surface area contributed by atoms with E-state index in [0.29, 0.717) is 5.92 Å². The van der Waals surface area contributed by atoms with Crippen LogP contribution in [-0.4, -0.2) is 52.2 Å². The molecule has 36 heavy (non-hydrogen) atoms. The minimum atomic E-state index is 0.437. The molecule has 0 atom stereocenters. The van der Waals surface area contributed by atoms with Gasteiger partial charge in [-0.2, -0.15) is 5.10 Å². The van der Waals surface area contributed by atoms with Crippen molar-refractivity contribution in [2.24, 2.45) is 0 Å². The van der Waals surface area contributed by atoms with Crippen molar-refractivity contribution in [1.82, 2.24) is 39.1 Å². The van der Waals surface area contributed by atoms with E-state index in [2.05, 4.69) is 64.9 Å². The molecule has 1 aliphatic rings. The van der Waals surface area contributed by atoms with E-state index in [4.69, 9.17) is 4.98 Å². The van der Waals surface area contributed by atoms with E-state index in [1.807, 2.05) is 37.6 Å². The fourth-order valence-electron chi connectivity index (χ4n) is 4.78. The second-order valence-electron chi connectivity index (χ2n) is 9.07. The van der Waals surface area contributed by atoms with Crippen molar-refractivity contribution in [1.29, 1.82) is 0 Å². The largest absolute Gasteiger partial charge is 0.351 e. The second kappa shape index (κ2) is 9.37. The number of aromatic nitrogens is 8. The Hall–Kier alpha value is -4.34. The van der Waals surface area contributed by atoms with Crippen molar-refractivity contribution < 1.29 is 0 Å². The number of pyridine rings is 2. The normalized spacial score (nSPS) is 14.4. The summed E-state index contributed by atoms with van der Waals surface area (Å²) in [7, 11) is 0. The second-order valence-corrected chi connectivity index (χ2v) is 9.07. The Morgan fingerprint density at radius 1 is 1.00 bits per heavy atom. The minimum absolute atomic E-state index is 0.437. The van der Waals surface area contributed by atoms with Crippen LogP contribution in [0, 0.1) is 6.92 Å².